The molecule has 0 bridgehead atoms. The van der Waals surface area contributed by atoms with Gasteiger partial charge < -0.3 is 9.73 Å². The summed E-state index contributed by atoms with van der Waals surface area (Å²) in [4.78, 5) is 0. The summed E-state index contributed by atoms with van der Waals surface area (Å²) in [7, 11) is 10.7. The molecule has 96 valence electrons. The van der Waals surface area contributed by atoms with Crippen molar-refractivity contribution in [2.45, 2.75) is 18.0 Å². The number of alkyl halides is 3. The molecule has 1 N–H and O–H groups in total. The standard InChI is InChI=1S/C12H10B2F3NO/c13-6-18-11(14)10(12(15,16)17)8-2-1-7-3-4-19-9(7)5-8/h1-5,10-11,18H,6H2. The number of halogens is 3. The number of rotatable bonds is 4. The summed E-state index contributed by atoms with van der Waals surface area (Å²) in [6.45, 7) is 0. The van der Waals surface area contributed by atoms with E-state index in [1.54, 1.807) is 12.1 Å². The van der Waals surface area contributed by atoms with E-state index in [1.165, 1.54) is 18.4 Å². The van der Waals surface area contributed by atoms with Crippen LogP contribution in [0.1, 0.15) is 11.5 Å². The van der Waals surface area contributed by atoms with Crippen molar-refractivity contribution >= 4 is 26.7 Å². The van der Waals surface area contributed by atoms with Crippen LogP contribution >= 0.6 is 0 Å². The zero-order valence-corrected chi connectivity index (χ0v) is 9.95. The van der Waals surface area contributed by atoms with Crippen LogP contribution in [0, 0.1) is 0 Å². The Bertz CT molecular complexity index is 555. The van der Waals surface area contributed by atoms with Gasteiger partial charge in [-0.1, -0.05) is 12.1 Å². The molecule has 2 aromatic rings. The van der Waals surface area contributed by atoms with Gasteiger partial charge in [-0.25, -0.2) is 0 Å². The molecule has 2 nitrogen and oxygen atoms in total. The van der Waals surface area contributed by atoms with Gasteiger partial charge in [0, 0.05) is 5.39 Å². The van der Waals surface area contributed by atoms with Crippen molar-refractivity contribution in [3.8, 4) is 0 Å². The van der Waals surface area contributed by atoms with Gasteiger partial charge in [0.2, 0.25) is 0 Å². The van der Waals surface area contributed by atoms with Crippen molar-refractivity contribution < 1.29 is 17.6 Å². The Morgan fingerprint density at radius 1 is 1.26 bits per heavy atom. The molecule has 0 fully saturated rings. The molecule has 19 heavy (non-hydrogen) atoms. The number of benzene rings is 1. The lowest BCUT2D eigenvalue weighted by atomic mass is 9.78. The van der Waals surface area contributed by atoms with Crippen LogP contribution < -0.4 is 5.32 Å². The summed E-state index contributed by atoms with van der Waals surface area (Å²) in [5.74, 6) is -3.15. The minimum atomic E-state index is -4.47. The van der Waals surface area contributed by atoms with Crippen molar-refractivity contribution in [3.05, 3.63) is 36.1 Å². The first-order chi connectivity index (χ1) is 8.93. The van der Waals surface area contributed by atoms with Crippen molar-refractivity contribution in [2.75, 3.05) is 6.44 Å². The monoisotopic (exact) mass is 263 g/mol. The molecule has 0 amide bonds. The maximum atomic E-state index is 13.1. The Morgan fingerprint density at radius 2 is 2.00 bits per heavy atom. The molecular formula is C12H10B2F3NO. The Hall–Kier alpha value is -1.36. The lowest BCUT2D eigenvalue weighted by molar-refractivity contribution is -0.152. The molecule has 0 saturated carbocycles. The molecule has 0 spiro atoms. The molecule has 7 heteroatoms. The smallest absolute Gasteiger partial charge is 0.396 e. The number of hydrogen-bond donors (Lipinski definition) is 1. The van der Waals surface area contributed by atoms with E-state index < -0.39 is 18.0 Å². The second-order valence-electron chi connectivity index (χ2n) is 4.17. The Kier molecular flexibility index (Phi) is 3.94. The third kappa shape index (κ3) is 2.97. The molecule has 2 unspecified atom stereocenters. The van der Waals surface area contributed by atoms with E-state index in [1.807, 2.05) is 0 Å². The molecule has 0 aliphatic carbocycles. The van der Waals surface area contributed by atoms with E-state index in [0.717, 1.165) is 5.39 Å². The Balaban J connectivity index is 2.41. The molecular weight excluding hydrogens is 253 g/mol. The second kappa shape index (κ2) is 5.33. The van der Waals surface area contributed by atoms with Crippen LogP contribution in [-0.4, -0.2) is 34.3 Å². The molecule has 0 aliphatic heterocycles. The van der Waals surface area contributed by atoms with Crippen LogP contribution in [-0.2, 0) is 0 Å². The number of hydrogen-bond acceptors (Lipinski definition) is 2. The summed E-state index contributed by atoms with van der Waals surface area (Å²) < 4.78 is 44.5. The molecule has 0 aliphatic rings. The number of nitrogens with one attached hydrogen (secondary N) is 1. The fourth-order valence-electron chi connectivity index (χ4n) is 2.02. The van der Waals surface area contributed by atoms with Crippen LogP contribution in [0.2, 0.25) is 0 Å². The van der Waals surface area contributed by atoms with Crippen molar-refractivity contribution in [1.82, 2.24) is 5.32 Å². The van der Waals surface area contributed by atoms with Gasteiger partial charge in [-0.3, -0.25) is 0 Å². The van der Waals surface area contributed by atoms with Gasteiger partial charge in [0.25, 0.3) is 0 Å². The average Bonchev–Trinajstić information content (AvgIpc) is 2.74. The summed E-state index contributed by atoms with van der Waals surface area (Å²) in [6.07, 6.45) is -3.17. The SMILES string of the molecule is [B]CNC([B])C(c1ccc2ccoc2c1)C(F)(F)F. The lowest BCUT2D eigenvalue weighted by Gasteiger charge is -2.27. The topological polar surface area (TPSA) is 25.2 Å². The van der Waals surface area contributed by atoms with Crippen LogP contribution in [0.3, 0.4) is 0 Å². The van der Waals surface area contributed by atoms with Gasteiger partial charge in [0.15, 0.2) is 0 Å². The molecule has 4 radical (unpaired) electrons. The van der Waals surface area contributed by atoms with Crippen molar-refractivity contribution in [2.24, 2.45) is 0 Å². The van der Waals surface area contributed by atoms with E-state index in [4.69, 9.17) is 20.1 Å². The fraction of sp³-hybridized carbons (Fsp3) is 0.333. The maximum absolute atomic E-state index is 13.1. The van der Waals surface area contributed by atoms with Gasteiger partial charge >= 0.3 is 6.18 Å². The minimum absolute atomic E-state index is 0.0448. The molecule has 1 aromatic carbocycles. The van der Waals surface area contributed by atoms with Gasteiger partial charge in [0.05, 0.1) is 27.9 Å². The minimum Gasteiger partial charge on any atom is -0.464 e. The summed E-state index contributed by atoms with van der Waals surface area (Å²) in [6, 6.07) is 6.00. The molecule has 2 rings (SSSR count). The highest BCUT2D eigenvalue weighted by Crippen LogP contribution is 2.37. The molecule has 0 saturated heterocycles. The zero-order chi connectivity index (χ0) is 14.0. The zero-order valence-electron chi connectivity index (χ0n) is 9.95. The first-order valence-corrected chi connectivity index (χ1v) is 5.66. The maximum Gasteiger partial charge on any atom is 0.396 e. The molecule has 1 aromatic heterocycles. The molecule has 1 heterocycles. The van der Waals surface area contributed by atoms with Gasteiger partial charge in [-0.15, -0.1) is 0 Å². The summed E-state index contributed by atoms with van der Waals surface area (Å²) in [5, 5.41) is 3.14. The Labute approximate surface area is 111 Å². The van der Waals surface area contributed by atoms with Gasteiger partial charge in [-0.2, -0.15) is 13.2 Å². The van der Waals surface area contributed by atoms with E-state index >= 15 is 0 Å². The van der Waals surface area contributed by atoms with E-state index in [0.29, 0.717) is 5.58 Å². The lowest BCUT2D eigenvalue weighted by Crippen LogP contribution is -2.42. The summed E-state index contributed by atoms with van der Waals surface area (Å²) >= 11 is 0. The third-order valence-electron chi connectivity index (χ3n) is 2.90. The van der Waals surface area contributed by atoms with Crippen LogP contribution in [0.15, 0.2) is 34.9 Å². The first-order valence-electron chi connectivity index (χ1n) is 5.66. The van der Waals surface area contributed by atoms with E-state index in [-0.39, 0.29) is 12.0 Å². The average molecular weight is 263 g/mol. The number of furan rings is 1. The predicted molar refractivity (Wildman–Crippen MR) is 68.3 cm³/mol. The largest absolute Gasteiger partial charge is 0.464 e. The van der Waals surface area contributed by atoms with Gasteiger partial charge in [0.1, 0.15) is 5.58 Å². The quantitative estimate of drug-likeness (QED) is 0.856. The summed E-state index contributed by atoms with van der Waals surface area (Å²) in [5.41, 5.74) is 0.440. The Morgan fingerprint density at radius 3 is 2.63 bits per heavy atom. The van der Waals surface area contributed by atoms with E-state index in [2.05, 4.69) is 5.32 Å². The number of fused-ring (bicyclic) bond motifs is 1. The molecule has 2 atom stereocenters. The highest BCUT2D eigenvalue weighted by molar-refractivity contribution is 6.13. The first kappa shape index (κ1) is 14.1. The van der Waals surface area contributed by atoms with Crippen molar-refractivity contribution in [3.63, 3.8) is 0 Å². The highest BCUT2D eigenvalue weighted by atomic mass is 19.4. The highest BCUT2D eigenvalue weighted by Gasteiger charge is 2.43. The fourth-order valence-corrected chi connectivity index (χ4v) is 2.02. The van der Waals surface area contributed by atoms with Crippen LogP contribution in [0.5, 0.6) is 0 Å². The second-order valence-corrected chi connectivity index (χ2v) is 4.17. The van der Waals surface area contributed by atoms with Gasteiger partial charge in [-0.05, 0) is 30.1 Å². The normalized spacial score (nSPS) is 15.5. The van der Waals surface area contributed by atoms with Crippen molar-refractivity contribution in [1.29, 1.82) is 0 Å². The predicted octanol–water partition coefficient (Wildman–Crippen LogP) is 2.29. The third-order valence-corrected chi connectivity index (χ3v) is 2.90. The van der Waals surface area contributed by atoms with Crippen LogP contribution in [0.25, 0.3) is 11.0 Å². The van der Waals surface area contributed by atoms with E-state index in [9.17, 15) is 13.2 Å². The van der Waals surface area contributed by atoms with Crippen LogP contribution in [0.4, 0.5) is 13.2 Å².